The Morgan fingerprint density at radius 1 is 1.10 bits per heavy atom. The molecule has 7 nitrogen and oxygen atoms in total. The van der Waals surface area contributed by atoms with E-state index in [2.05, 4.69) is 18.7 Å². The Morgan fingerprint density at radius 3 is 2.65 bits per heavy atom. The fourth-order valence-electron chi connectivity index (χ4n) is 3.73. The zero-order chi connectivity index (χ0) is 22.0. The summed E-state index contributed by atoms with van der Waals surface area (Å²) in [5.41, 5.74) is 2.81. The monoisotopic (exact) mass is 420 g/mol. The molecule has 4 rings (SSSR count). The Kier molecular flexibility index (Phi) is 5.75. The fourth-order valence-corrected chi connectivity index (χ4v) is 3.73. The van der Waals surface area contributed by atoms with Gasteiger partial charge in [-0.25, -0.2) is 4.98 Å². The van der Waals surface area contributed by atoms with Crippen LogP contribution in [0.5, 0.6) is 5.75 Å². The molecule has 2 aromatic carbocycles. The van der Waals surface area contributed by atoms with E-state index in [9.17, 15) is 9.59 Å². The number of aliphatic carboxylic acids is 1. The highest BCUT2D eigenvalue weighted by atomic mass is 16.5. The first-order valence-electron chi connectivity index (χ1n) is 10.4. The van der Waals surface area contributed by atoms with E-state index >= 15 is 0 Å². The SMILES string of the molecule is CCN(CC)c1ccc2nc3c4cc(OCCCC(=O)O)ccc4c(=O)cc-3oc2c1. The number of anilines is 1. The van der Waals surface area contributed by atoms with Crippen LogP contribution < -0.4 is 15.1 Å². The summed E-state index contributed by atoms with van der Waals surface area (Å²) in [5.74, 6) is 0.124. The second-order valence-electron chi connectivity index (χ2n) is 7.31. The molecule has 0 saturated carbocycles. The van der Waals surface area contributed by atoms with Crippen molar-refractivity contribution in [3.8, 4) is 17.2 Å². The smallest absolute Gasteiger partial charge is 0.303 e. The topological polar surface area (TPSA) is 92.9 Å². The normalized spacial score (nSPS) is 11.3. The molecule has 2 aromatic rings. The number of hydrogen-bond donors (Lipinski definition) is 1. The van der Waals surface area contributed by atoms with Crippen molar-refractivity contribution < 1.29 is 19.1 Å². The predicted molar refractivity (Wildman–Crippen MR) is 120 cm³/mol. The average molecular weight is 420 g/mol. The number of carbonyl (C=O) groups is 1. The molecule has 31 heavy (non-hydrogen) atoms. The molecule has 1 aliphatic carbocycles. The Morgan fingerprint density at radius 2 is 1.90 bits per heavy atom. The number of carboxylic acids is 1. The average Bonchev–Trinajstić information content (AvgIpc) is 2.76. The Balaban J connectivity index is 1.78. The lowest BCUT2D eigenvalue weighted by Crippen LogP contribution is -2.21. The van der Waals surface area contributed by atoms with E-state index in [4.69, 9.17) is 19.2 Å². The molecule has 0 fully saturated rings. The van der Waals surface area contributed by atoms with Crippen LogP contribution in [0.25, 0.3) is 33.3 Å². The lowest BCUT2D eigenvalue weighted by Gasteiger charge is -2.21. The minimum absolute atomic E-state index is 0.0448. The van der Waals surface area contributed by atoms with Gasteiger partial charge in [-0.1, -0.05) is 0 Å². The van der Waals surface area contributed by atoms with E-state index in [1.54, 1.807) is 18.2 Å². The number of fused-ring (bicyclic) bond motifs is 4. The minimum atomic E-state index is -0.856. The summed E-state index contributed by atoms with van der Waals surface area (Å²) in [7, 11) is 0. The maximum atomic E-state index is 12.6. The van der Waals surface area contributed by atoms with Gasteiger partial charge in [0.05, 0.1) is 6.61 Å². The van der Waals surface area contributed by atoms with Gasteiger partial charge in [-0.05, 0) is 50.6 Å². The summed E-state index contributed by atoms with van der Waals surface area (Å²) in [6.45, 7) is 6.24. The van der Waals surface area contributed by atoms with Gasteiger partial charge in [-0.15, -0.1) is 0 Å². The van der Waals surface area contributed by atoms with Gasteiger partial charge < -0.3 is 19.2 Å². The van der Waals surface area contributed by atoms with Crippen molar-refractivity contribution in [1.29, 1.82) is 0 Å². The van der Waals surface area contributed by atoms with Crippen molar-refractivity contribution in [2.45, 2.75) is 26.7 Å². The number of carboxylic acid groups (broad SMARTS) is 1. The van der Waals surface area contributed by atoms with E-state index in [1.165, 1.54) is 6.07 Å². The van der Waals surface area contributed by atoms with Crippen molar-refractivity contribution >= 4 is 33.5 Å². The van der Waals surface area contributed by atoms with Crippen LogP contribution in [0.3, 0.4) is 0 Å². The molecule has 1 heterocycles. The van der Waals surface area contributed by atoms with Crippen LogP contribution in [-0.4, -0.2) is 35.8 Å². The third kappa shape index (κ3) is 4.17. The number of nitrogens with zero attached hydrogens (tertiary/aromatic N) is 2. The van der Waals surface area contributed by atoms with Crippen molar-refractivity contribution in [2.24, 2.45) is 0 Å². The van der Waals surface area contributed by atoms with E-state index in [0.717, 1.165) is 18.8 Å². The van der Waals surface area contributed by atoms with Crippen LogP contribution in [0.15, 0.2) is 51.7 Å². The molecule has 0 aromatic heterocycles. The van der Waals surface area contributed by atoms with Gasteiger partial charge in [0, 0.05) is 48.1 Å². The number of rotatable bonds is 8. The molecule has 0 bridgehead atoms. The molecule has 0 atom stereocenters. The molecular weight excluding hydrogens is 396 g/mol. The van der Waals surface area contributed by atoms with Crippen LogP contribution in [-0.2, 0) is 4.79 Å². The lowest BCUT2D eigenvalue weighted by molar-refractivity contribution is -0.137. The molecule has 7 heteroatoms. The maximum absolute atomic E-state index is 12.6. The molecule has 0 unspecified atom stereocenters. The van der Waals surface area contributed by atoms with Crippen molar-refractivity contribution in [3.63, 3.8) is 0 Å². The Labute approximate surface area is 179 Å². The van der Waals surface area contributed by atoms with E-state index in [1.807, 2.05) is 18.2 Å². The standard InChI is InChI=1S/C24H24N2O5/c1-3-26(4-2)15-7-10-19-21(12-15)31-22-14-20(27)17-9-8-16(13-18(17)24(22)25-19)30-11-5-6-23(28)29/h7-10,12-14H,3-6,11H2,1-2H3,(H,28,29). The number of benzene rings is 3. The fraction of sp³-hybridized carbons (Fsp3) is 0.292. The zero-order valence-electron chi connectivity index (χ0n) is 17.6. The summed E-state index contributed by atoms with van der Waals surface area (Å²) in [6.07, 6.45) is 0.450. The third-order valence-corrected chi connectivity index (χ3v) is 5.34. The summed E-state index contributed by atoms with van der Waals surface area (Å²) in [6, 6.07) is 12.6. The van der Waals surface area contributed by atoms with Gasteiger partial charge in [0.1, 0.15) is 17.0 Å². The molecule has 1 aliphatic heterocycles. The predicted octanol–water partition coefficient (Wildman–Crippen LogP) is 4.54. The minimum Gasteiger partial charge on any atom is -0.494 e. The number of ether oxygens (including phenoxy) is 1. The van der Waals surface area contributed by atoms with Gasteiger partial charge in [0.25, 0.3) is 0 Å². The first kappa shape index (κ1) is 20.7. The molecule has 0 radical (unpaired) electrons. The van der Waals surface area contributed by atoms with Gasteiger partial charge >= 0.3 is 5.97 Å². The maximum Gasteiger partial charge on any atom is 0.303 e. The number of hydrogen-bond acceptors (Lipinski definition) is 6. The highest BCUT2D eigenvalue weighted by molar-refractivity contribution is 5.97. The van der Waals surface area contributed by atoms with Crippen LogP contribution in [0.1, 0.15) is 26.7 Å². The molecule has 2 aliphatic rings. The highest BCUT2D eigenvalue weighted by Gasteiger charge is 2.17. The van der Waals surface area contributed by atoms with E-state index in [0.29, 0.717) is 45.5 Å². The molecule has 0 saturated heterocycles. The van der Waals surface area contributed by atoms with E-state index < -0.39 is 5.97 Å². The van der Waals surface area contributed by atoms with Gasteiger partial charge in [0.2, 0.25) is 0 Å². The quantitative estimate of drug-likeness (QED) is 0.254. The lowest BCUT2D eigenvalue weighted by atomic mass is 10.0. The molecule has 1 N–H and O–H groups in total. The van der Waals surface area contributed by atoms with Crippen LogP contribution in [0, 0.1) is 0 Å². The second-order valence-corrected chi connectivity index (χ2v) is 7.31. The van der Waals surface area contributed by atoms with E-state index in [-0.39, 0.29) is 18.5 Å². The van der Waals surface area contributed by atoms with Crippen LogP contribution in [0.4, 0.5) is 5.69 Å². The van der Waals surface area contributed by atoms with Crippen molar-refractivity contribution in [2.75, 3.05) is 24.6 Å². The molecule has 0 amide bonds. The summed E-state index contributed by atoms with van der Waals surface area (Å²) < 4.78 is 11.8. The summed E-state index contributed by atoms with van der Waals surface area (Å²) >= 11 is 0. The van der Waals surface area contributed by atoms with Crippen molar-refractivity contribution in [1.82, 2.24) is 4.98 Å². The molecule has 160 valence electrons. The molecular formula is C24H24N2O5. The largest absolute Gasteiger partial charge is 0.494 e. The molecule has 0 spiro atoms. The van der Waals surface area contributed by atoms with Gasteiger partial charge in [0.15, 0.2) is 16.8 Å². The Bertz CT molecular complexity index is 1280. The van der Waals surface area contributed by atoms with Gasteiger partial charge in [-0.3, -0.25) is 9.59 Å². The zero-order valence-corrected chi connectivity index (χ0v) is 17.6. The second kappa shape index (κ2) is 8.63. The summed E-state index contributed by atoms with van der Waals surface area (Å²) in [4.78, 5) is 30.3. The first-order valence-corrected chi connectivity index (χ1v) is 10.4. The summed E-state index contributed by atoms with van der Waals surface area (Å²) in [5, 5.41) is 9.94. The highest BCUT2D eigenvalue weighted by Crippen LogP contribution is 2.33. The van der Waals surface area contributed by atoms with Gasteiger partial charge in [-0.2, -0.15) is 0 Å². The Hall–Kier alpha value is -3.61. The first-order chi connectivity index (χ1) is 15.0. The van der Waals surface area contributed by atoms with Crippen LogP contribution >= 0.6 is 0 Å². The van der Waals surface area contributed by atoms with Crippen molar-refractivity contribution in [3.05, 3.63) is 52.7 Å². The van der Waals surface area contributed by atoms with Crippen LogP contribution in [0.2, 0.25) is 0 Å². The third-order valence-electron chi connectivity index (χ3n) is 5.34. The number of aromatic nitrogens is 1.